The maximum atomic E-state index is 12.0. The number of furan rings is 1. The maximum Gasteiger partial charge on any atom is 0.255 e. The molecule has 7 heteroatoms. The molecule has 1 amide bonds. The lowest BCUT2D eigenvalue weighted by Gasteiger charge is -2.11. The smallest absolute Gasteiger partial charge is 0.255 e. The molecule has 6 nitrogen and oxygen atoms in total. The first-order valence-electron chi connectivity index (χ1n) is 6.25. The summed E-state index contributed by atoms with van der Waals surface area (Å²) in [4.78, 5) is 12.0. The van der Waals surface area contributed by atoms with Crippen LogP contribution >= 0.6 is 0 Å². The number of anilines is 1. The fraction of sp³-hybridized carbons (Fsp3) is 0.214. The molecule has 0 unspecified atom stereocenters. The third-order valence-electron chi connectivity index (χ3n) is 2.86. The number of aryl methyl sites for hydroxylation is 1. The van der Waals surface area contributed by atoms with Gasteiger partial charge in [-0.1, -0.05) is 18.2 Å². The number of sulfonamides is 1. The lowest BCUT2D eigenvalue weighted by Crippen LogP contribution is -2.24. The minimum Gasteiger partial charge on any atom is -0.469 e. The van der Waals surface area contributed by atoms with Crippen molar-refractivity contribution >= 4 is 21.6 Å². The Kier molecular flexibility index (Phi) is 4.32. The Morgan fingerprint density at radius 3 is 2.57 bits per heavy atom. The van der Waals surface area contributed by atoms with Crippen LogP contribution in [0.5, 0.6) is 0 Å². The molecule has 0 saturated heterocycles. The Labute approximate surface area is 123 Å². The topological polar surface area (TPSA) is 88.4 Å². The lowest BCUT2D eigenvalue weighted by atomic mass is 10.1. The van der Waals surface area contributed by atoms with Gasteiger partial charge in [-0.2, -0.15) is 0 Å². The third-order valence-corrected chi connectivity index (χ3v) is 3.45. The lowest BCUT2D eigenvalue weighted by molar-refractivity contribution is 0.0949. The largest absolute Gasteiger partial charge is 0.469 e. The van der Waals surface area contributed by atoms with E-state index in [-0.39, 0.29) is 12.5 Å². The molecule has 0 aliphatic heterocycles. The van der Waals surface area contributed by atoms with E-state index < -0.39 is 10.0 Å². The number of nitrogens with one attached hydrogen (secondary N) is 2. The molecule has 0 aliphatic rings. The second-order valence-electron chi connectivity index (χ2n) is 4.60. The number of carbonyl (C=O) groups excluding carboxylic acids is 1. The van der Waals surface area contributed by atoms with Gasteiger partial charge in [-0.15, -0.1) is 0 Å². The molecule has 1 aromatic carbocycles. The van der Waals surface area contributed by atoms with Crippen LogP contribution in [-0.2, 0) is 16.6 Å². The minimum absolute atomic E-state index is 0.210. The van der Waals surface area contributed by atoms with Gasteiger partial charge in [0.05, 0.1) is 23.8 Å². The molecule has 0 bridgehead atoms. The van der Waals surface area contributed by atoms with E-state index in [0.29, 0.717) is 22.6 Å². The van der Waals surface area contributed by atoms with Crippen molar-refractivity contribution in [1.29, 1.82) is 0 Å². The molecular weight excluding hydrogens is 292 g/mol. The normalized spacial score (nSPS) is 11.1. The van der Waals surface area contributed by atoms with Crippen molar-refractivity contribution in [2.75, 3.05) is 11.0 Å². The molecule has 0 radical (unpaired) electrons. The molecule has 1 heterocycles. The Balaban J connectivity index is 2.10. The average Bonchev–Trinajstić information content (AvgIpc) is 2.82. The maximum absolute atomic E-state index is 12.0. The second-order valence-corrected chi connectivity index (χ2v) is 6.35. The van der Waals surface area contributed by atoms with Crippen molar-refractivity contribution < 1.29 is 17.6 Å². The highest BCUT2D eigenvalue weighted by atomic mass is 32.2. The van der Waals surface area contributed by atoms with Crippen LogP contribution in [0.1, 0.15) is 21.7 Å². The van der Waals surface area contributed by atoms with Gasteiger partial charge in [0.2, 0.25) is 10.0 Å². The van der Waals surface area contributed by atoms with Gasteiger partial charge in [-0.25, -0.2) is 8.42 Å². The summed E-state index contributed by atoms with van der Waals surface area (Å²) in [5.74, 6) is 0.269. The molecule has 0 fully saturated rings. The summed E-state index contributed by atoms with van der Waals surface area (Å²) in [5, 5.41) is 2.73. The van der Waals surface area contributed by atoms with Crippen molar-refractivity contribution in [2.45, 2.75) is 13.5 Å². The van der Waals surface area contributed by atoms with Crippen LogP contribution in [0.15, 0.2) is 41.0 Å². The molecule has 0 spiro atoms. The van der Waals surface area contributed by atoms with Crippen molar-refractivity contribution in [1.82, 2.24) is 5.32 Å². The predicted molar refractivity (Wildman–Crippen MR) is 79.5 cm³/mol. The molecular formula is C14H16N2O4S. The number of hydrogen-bond acceptors (Lipinski definition) is 4. The quantitative estimate of drug-likeness (QED) is 0.883. The number of hydrogen-bond donors (Lipinski definition) is 2. The van der Waals surface area contributed by atoms with Crippen LogP contribution in [-0.4, -0.2) is 20.6 Å². The summed E-state index contributed by atoms with van der Waals surface area (Å²) in [6.45, 7) is 1.91. The summed E-state index contributed by atoms with van der Waals surface area (Å²) in [5.41, 5.74) is 1.59. The van der Waals surface area contributed by atoms with E-state index in [4.69, 9.17) is 4.42 Å². The number of amides is 1. The van der Waals surface area contributed by atoms with E-state index in [9.17, 15) is 13.2 Å². The van der Waals surface area contributed by atoms with E-state index >= 15 is 0 Å². The van der Waals surface area contributed by atoms with Gasteiger partial charge in [-0.3, -0.25) is 9.52 Å². The summed E-state index contributed by atoms with van der Waals surface area (Å²) >= 11 is 0. The van der Waals surface area contributed by atoms with Crippen LogP contribution in [0.4, 0.5) is 5.69 Å². The fourth-order valence-electron chi connectivity index (χ4n) is 1.87. The molecule has 112 valence electrons. The number of benzene rings is 1. The van der Waals surface area contributed by atoms with Gasteiger partial charge in [0, 0.05) is 6.54 Å². The van der Waals surface area contributed by atoms with Crippen molar-refractivity contribution in [2.24, 2.45) is 0 Å². The van der Waals surface area contributed by atoms with Crippen molar-refractivity contribution in [3.05, 3.63) is 53.5 Å². The Hall–Kier alpha value is -2.28. The van der Waals surface area contributed by atoms with E-state index in [1.807, 2.05) is 0 Å². The summed E-state index contributed by atoms with van der Waals surface area (Å²) in [6, 6.07) is 8.48. The van der Waals surface area contributed by atoms with Crippen molar-refractivity contribution in [3.63, 3.8) is 0 Å². The Morgan fingerprint density at radius 1 is 1.24 bits per heavy atom. The molecule has 2 aromatic rings. The van der Waals surface area contributed by atoms with Gasteiger partial charge < -0.3 is 9.73 Å². The highest BCUT2D eigenvalue weighted by Crippen LogP contribution is 2.16. The Bertz CT molecular complexity index is 750. The third kappa shape index (κ3) is 4.09. The van der Waals surface area contributed by atoms with Gasteiger partial charge in [0.1, 0.15) is 5.76 Å². The standard InChI is InChI=1S/C14H16N2O4S/c1-10-12(7-8-20-10)14(17)15-9-11-5-3-4-6-13(11)16-21(2,18)19/h3-8,16H,9H2,1-2H3,(H,15,17). The van der Waals surface area contributed by atoms with Gasteiger partial charge >= 0.3 is 0 Å². The second kappa shape index (κ2) is 6.01. The number of para-hydroxylation sites is 1. The van der Waals surface area contributed by atoms with Gasteiger partial charge in [0.15, 0.2) is 0 Å². The first kappa shape index (κ1) is 15.1. The summed E-state index contributed by atoms with van der Waals surface area (Å²) in [6.07, 6.45) is 2.53. The fourth-order valence-corrected chi connectivity index (χ4v) is 2.46. The first-order chi connectivity index (χ1) is 9.87. The number of carbonyl (C=O) groups is 1. The highest BCUT2D eigenvalue weighted by molar-refractivity contribution is 7.92. The Morgan fingerprint density at radius 2 is 1.95 bits per heavy atom. The van der Waals surface area contributed by atoms with E-state index in [0.717, 1.165) is 6.26 Å². The van der Waals surface area contributed by atoms with E-state index in [1.54, 1.807) is 37.3 Å². The summed E-state index contributed by atoms with van der Waals surface area (Å²) < 4.78 is 30.1. The average molecular weight is 308 g/mol. The first-order valence-corrected chi connectivity index (χ1v) is 8.14. The summed E-state index contributed by atoms with van der Waals surface area (Å²) in [7, 11) is -3.37. The zero-order valence-corrected chi connectivity index (χ0v) is 12.5. The molecule has 0 saturated carbocycles. The zero-order chi connectivity index (χ0) is 15.5. The monoisotopic (exact) mass is 308 g/mol. The molecule has 2 N–H and O–H groups in total. The van der Waals surface area contributed by atoms with Crippen LogP contribution in [0, 0.1) is 6.92 Å². The highest BCUT2D eigenvalue weighted by Gasteiger charge is 2.12. The molecule has 21 heavy (non-hydrogen) atoms. The predicted octanol–water partition coefficient (Wildman–Crippen LogP) is 1.89. The van der Waals surface area contributed by atoms with Gasteiger partial charge in [0.25, 0.3) is 5.91 Å². The zero-order valence-electron chi connectivity index (χ0n) is 11.7. The van der Waals surface area contributed by atoms with Crippen LogP contribution in [0.3, 0.4) is 0 Å². The van der Waals surface area contributed by atoms with Crippen LogP contribution < -0.4 is 10.0 Å². The van der Waals surface area contributed by atoms with Gasteiger partial charge in [-0.05, 0) is 24.6 Å². The number of rotatable bonds is 5. The van der Waals surface area contributed by atoms with Crippen LogP contribution in [0.2, 0.25) is 0 Å². The molecule has 1 aromatic heterocycles. The van der Waals surface area contributed by atoms with E-state index in [2.05, 4.69) is 10.0 Å². The minimum atomic E-state index is -3.37. The van der Waals surface area contributed by atoms with Crippen molar-refractivity contribution in [3.8, 4) is 0 Å². The molecule has 0 aliphatic carbocycles. The molecule has 2 rings (SSSR count). The van der Waals surface area contributed by atoms with E-state index in [1.165, 1.54) is 6.26 Å². The molecule has 0 atom stereocenters. The SMILES string of the molecule is Cc1occc1C(=O)NCc1ccccc1NS(C)(=O)=O. The van der Waals surface area contributed by atoms with Crippen LogP contribution in [0.25, 0.3) is 0 Å².